The molecule has 4 aromatic rings. The van der Waals surface area contributed by atoms with Gasteiger partial charge in [-0.3, -0.25) is 4.98 Å². The van der Waals surface area contributed by atoms with Crippen LogP contribution in [0.2, 0.25) is 0 Å². The largest absolute Gasteiger partial charge is 0.491 e. The van der Waals surface area contributed by atoms with Crippen LogP contribution in [0, 0.1) is 6.92 Å². The third kappa shape index (κ3) is 6.06. The predicted octanol–water partition coefficient (Wildman–Crippen LogP) is 4.69. The first kappa shape index (κ1) is 29.0. The van der Waals surface area contributed by atoms with Crippen molar-refractivity contribution in [2.24, 2.45) is 0 Å². The highest BCUT2D eigenvalue weighted by Crippen LogP contribution is 2.39. The number of ether oxygens (including phenoxy) is 3. The Morgan fingerprint density at radius 3 is 2.48 bits per heavy atom. The van der Waals surface area contributed by atoms with Crippen LogP contribution in [-0.4, -0.2) is 60.8 Å². The summed E-state index contributed by atoms with van der Waals surface area (Å²) in [5.41, 5.74) is 2.62. The number of carboxylic acids is 1. The van der Waals surface area contributed by atoms with E-state index in [4.69, 9.17) is 14.2 Å². The minimum atomic E-state index is -3.98. The molecule has 12 nitrogen and oxygen atoms in total. The fraction of sp³-hybridized carbons (Fsp3) is 0.310. The molecule has 1 fully saturated rings. The van der Waals surface area contributed by atoms with Gasteiger partial charge in [0, 0.05) is 29.4 Å². The van der Waals surface area contributed by atoms with Gasteiger partial charge in [-0.15, -0.1) is 0 Å². The van der Waals surface area contributed by atoms with Crippen molar-refractivity contribution >= 4 is 38.3 Å². The van der Waals surface area contributed by atoms with Gasteiger partial charge < -0.3 is 24.6 Å². The first-order chi connectivity index (χ1) is 20.0. The minimum Gasteiger partial charge on any atom is -0.491 e. The number of methoxy groups -OCH3 is 2. The fourth-order valence-corrected chi connectivity index (χ4v) is 6.21. The number of fused-ring (bicyclic) bond motifs is 1. The number of carboxylic acid groups (broad SMARTS) is 1. The highest BCUT2D eigenvalue weighted by Gasteiger charge is 2.32. The van der Waals surface area contributed by atoms with Gasteiger partial charge >= 0.3 is 12.0 Å². The summed E-state index contributed by atoms with van der Waals surface area (Å²) in [6, 6.07) is 9.81. The van der Waals surface area contributed by atoms with Crippen LogP contribution in [0.15, 0.2) is 47.5 Å². The molecule has 0 unspecified atom stereocenters. The zero-order chi connectivity index (χ0) is 30.2. The lowest BCUT2D eigenvalue weighted by molar-refractivity contribution is 0.0696. The van der Waals surface area contributed by atoms with Crippen LogP contribution >= 0.6 is 0 Å². The molecule has 0 atom stereocenters. The Labute approximate surface area is 243 Å². The Kier molecular flexibility index (Phi) is 7.89. The van der Waals surface area contributed by atoms with Gasteiger partial charge in [0.2, 0.25) is 15.9 Å². The van der Waals surface area contributed by atoms with Crippen LogP contribution in [-0.2, 0) is 10.0 Å². The van der Waals surface area contributed by atoms with Crippen LogP contribution < -0.4 is 24.2 Å². The molecule has 2 aromatic carbocycles. The Bertz CT molecular complexity index is 1790. The second-order valence-electron chi connectivity index (χ2n) is 10.2. The van der Waals surface area contributed by atoms with Crippen molar-refractivity contribution in [1.29, 1.82) is 0 Å². The summed E-state index contributed by atoms with van der Waals surface area (Å²) < 4.78 is 46.3. The molecule has 0 radical (unpaired) electrons. The number of sulfonamides is 1. The molecular formula is C29H31N5O7S. The van der Waals surface area contributed by atoms with E-state index in [0.717, 1.165) is 12.8 Å². The van der Waals surface area contributed by atoms with E-state index in [1.54, 1.807) is 37.4 Å². The van der Waals surface area contributed by atoms with Gasteiger partial charge in [-0.25, -0.2) is 22.9 Å². The summed E-state index contributed by atoms with van der Waals surface area (Å²) in [4.78, 5) is 25.0. The zero-order valence-corrected chi connectivity index (χ0v) is 24.6. The summed E-state index contributed by atoms with van der Waals surface area (Å²) in [6.45, 7) is 5.28. The molecule has 0 bridgehead atoms. The topological polar surface area (TPSA) is 162 Å². The summed E-state index contributed by atoms with van der Waals surface area (Å²) in [5.74, 6) is -0.518. The number of benzene rings is 2. The number of aromatic nitrogens is 3. The number of aryl methyl sites for hydroxylation is 1. The summed E-state index contributed by atoms with van der Waals surface area (Å²) in [6.07, 6.45) is 2.88. The van der Waals surface area contributed by atoms with Crippen LogP contribution in [0.1, 0.15) is 42.7 Å². The summed E-state index contributed by atoms with van der Waals surface area (Å²) in [7, 11) is -1.04. The van der Waals surface area contributed by atoms with Crippen molar-refractivity contribution in [3.05, 3.63) is 53.9 Å². The molecule has 0 saturated heterocycles. The second-order valence-corrected chi connectivity index (χ2v) is 11.8. The number of rotatable bonds is 11. The Balaban J connectivity index is 1.70. The molecule has 1 aliphatic carbocycles. The van der Waals surface area contributed by atoms with Gasteiger partial charge in [-0.1, -0.05) is 12.1 Å². The average Bonchev–Trinajstić information content (AvgIpc) is 3.74. The fourth-order valence-electron chi connectivity index (χ4n) is 4.55. The third-order valence-electron chi connectivity index (χ3n) is 6.49. The molecule has 0 aliphatic heterocycles. The number of nitrogens with zero attached hydrogens (tertiary/aromatic N) is 3. The number of hydrogen-bond donors (Lipinski definition) is 3. The van der Waals surface area contributed by atoms with Crippen LogP contribution in [0.3, 0.4) is 0 Å². The smallest absolute Gasteiger partial charge is 0.335 e. The van der Waals surface area contributed by atoms with Crippen molar-refractivity contribution in [3.63, 3.8) is 0 Å². The summed E-state index contributed by atoms with van der Waals surface area (Å²) in [5, 5.41) is 13.4. The van der Waals surface area contributed by atoms with Crippen LogP contribution in [0.25, 0.3) is 22.0 Å². The van der Waals surface area contributed by atoms with Gasteiger partial charge in [-0.2, -0.15) is 4.98 Å². The van der Waals surface area contributed by atoms with Gasteiger partial charge in [0.25, 0.3) is 0 Å². The zero-order valence-electron chi connectivity index (χ0n) is 23.8. The van der Waals surface area contributed by atoms with E-state index in [9.17, 15) is 18.3 Å². The highest BCUT2D eigenvalue weighted by atomic mass is 32.2. The van der Waals surface area contributed by atoms with Crippen molar-refractivity contribution in [2.45, 2.75) is 50.7 Å². The first-order valence-electron chi connectivity index (χ1n) is 13.2. The van der Waals surface area contributed by atoms with Gasteiger partial charge in [0.05, 0.1) is 48.3 Å². The number of anilines is 2. The molecule has 1 aliphatic rings. The van der Waals surface area contributed by atoms with Gasteiger partial charge in [0.15, 0.2) is 0 Å². The Hall–Kier alpha value is -4.49. The molecular weight excluding hydrogens is 562 g/mol. The number of aromatic carboxylic acids is 1. The lowest BCUT2D eigenvalue weighted by atomic mass is 10.0. The lowest BCUT2D eigenvalue weighted by Gasteiger charge is -2.19. The van der Waals surface area contributed by atoms with Gasteiger partial charge in [0.1, 0.15) is 10.6 Å². The standard InChI is InChI=1S/C29H31N5O7S/c1-15(2)41-21-11-18(28(35)36)10-20(13-21)32-25-22-9-6-17(23-14-30-29(40-5)33-27(23)39-4)12-24(22)31-16(3)26(25)42(37,38)34-19-7-8-19/h6,9-15,19,34H,7-8H2,1-5H3,(H,31,32)(H,35,36). The van der Waals surface area contributed by atoms with E-state index >= 15 is 0 Å². The molecule has 1 saturated carbocycles. The van der Waals surface area contributed by atoms with E-state index < -0.39 is 16.0 Å². The number of pyridine rings is 1. The number of carbonyl (C=O) groups is 1. The van der Waals surface area contributed by atoms with Crippen molar-refractivity contribution in [2.75, 3.05) is 19.5 Å². The van der Waals surface area contributed by atoms with Crippen LogP contribution in [0.5, 0.6) is 17.6 Å². The van der Waals surface area contributed by atoms with E-state index in [1.165, 1.54) is 26.4 Å². The van der Waals surface area contributed by atoms with Crippen LogP contribution in [0.4, 0.5) is 11.4 Å². The average molecular weight is 594 g/mol. The van der Waals surface area contributed by atoms with Gasteiger partial charge in [-0.05, 0) is 57.4 Å². The van der Waals surface area contributed by atoms with E-state index in [-0.39, 0.29) is 40.0 Å². The molecule has 5 rings (SSSR count). The maximum absolute atomic E-state index is 13.6. The number of hydrogen-bond acceptors (Lipinski definition) is 10. The minimum absolute atomic E-state index is 0.0138. The van der Waals surface area contributed by atoms with E-state index in [2.05, 4.69) is 25.0 Å². The summed E-state index contributed by atoms with van der Waals surface area (Å²) >= 11 is 0. The quantitative estimate of drug-likeness (QED) is 0.221. The first-order valence-corrected chi connectivity index (χ1v) is 14.7. The van der Waals surface area contributed by atoms with E-state index in [1.807, 2.05) is 13.8 Å². The molecule has 2 heterocycles. The second kappa shape index (κ2) is 11.4. The molecule has 2 aromatic heterocycles. The third-order valence-corrected chi connectivity index (χ3v) is 8.17. The SMILES string of the molecule is COc1ncc(-c2ccc3c(Nc4cc(OC(C)C)cc(C(=O)O)c4)c(S(=O)(=O)NC4CC4)c(C)nc3c2)c(OC)n1. The highest BCUT2D eigenvalue weighted by molar-refractivity contribution is 7.89. The lowest BCUT2D eigenvalue weighted by Crippen LogP contribution is -2.27. The maximum atomic E-state index is 13.6. The molecule has 220 valence electrons. The molecule has 0 spiro atoms. The maximum Gasteiger partial charge on any atom is 0.335 e. The Morgan fingerprint density at radius 2 is 1.83 bits per heavy atom. The molecule has 3 N–H and O–H groups in total. The molecule has 0 amide bonds. The van der Waals surface area contributed by atoms with Crippen molar-refractivity contribution in [1.82, 2.24) is 19.7 Å². The Morgan fingerprint density at radius 1 is 1.07 bits per heavy atom. The van der Waals surface area contributed by atoms with E-state index in [0.29, 0.717) is 39.3 Å². The predicted molar refractivity (Wildman–Crippen MR) is 156 cm³/mol. The van der Waals surface area contributed by atoms with Crippen molar-refractivity contribution < 1.29 is 32.5 Å². The molecule has 13 heteroatoms. The van der Waals surface area contributed by atoms with Crippen molar-refractivity contribution in [3.8, 4) is 28.8 Å². The normalized spacial score (nSPS) is 13.3. The molecule has 42 heavy (non-hydrogen) atoms. The monoisotopic (exact) mass is 593 g/mol. The number of nitrogens with one attached hydrogen (secondary N) is 2.